The maximum atomic E-state index is 10.5. The molecular weight excluding hydrogens is 184 g/mol. The molecule has 0 fully saturated rings. The summed E-state index contributed by atoms with van der Waals surface area (Å²) >= 11 is 0. The van der Waals surface area contributed by atoms with Crippen molar-refractivity contribution in [3.63, 3.8) is 0 Å². The number of nitrogens with two attached hydrogens (primary N) is 2. The lowest BCUT2D eigenvalue weighted by atomic mass is 10.5. The van der Waals surface area contributed by atoms with Gasteiger partial charge >= 0.3 is 10.1 Å². The van der Waals surface area contributed by atoms with E-state index in [9.17, 15) is 8.42 Å². The van der Waals surface area contributed by atoms with Crippen LogP contribution in [0, 0.1) is 0 Å². The fourth-order valence-electron chi connectivity index (χ4n) is 0.577. The third-order valence-corrected chi connectivity index (χ3v) is 1.62. The smallest absolute Gasteiger partial charge is 0.330 e. The van der Waals surface area contributed by atoms with Crippen molar-refractivity contribution in [3.8, 4) is 0 Å². The van der Waals surface area contributed by atoms with E-state index in [4.69, 9.17) is 16.0 Å². The molecule has 8 heteroatoms. The number of hydrogen-bond acceptors (Lipinski definition) is 6. The van der Waals surface area contributed by atoms with Crippen LogP contribution < -0.4 is 11.5 Å². The second kappa shape index (κ2) is 2.57. The van der Waals surface area contributed by atoms with E-state index in [1.807, 2.05) is 0 Å². The van der Waals surface area contributed by atoms with Crippen LogP contribution in [0.15, 0.2) is 11.2 Å². The van der Waals surface area contributed by atoms with Crippen LogP contribution in [0.1, 0.15) is 0 Å². The van der Waals surface area contributed by atoms with Gasteiger partial charge in [0, 0.05) is 6.07 Å². The van der Waals surface area contributed by atoms with E-state index in [2.05, 4.69) is 9.97 Å². The van der Waals surface area contributed by atoms with Crippen molar-refractivity contribution in [2.75, 3.05) is 11.5 Å². The van der Waals surface area contributed by atoms with Gasteiger partial charge in [-0.15, -0.1) is 0 Å². The Hall–Kier alpha value is -1.41. The van der Waals surface area contributed by atoms with Crippen LogP contribution in [0.3, 0.4) is 0 Å². The van der Waals surface area contributed by atoms with E-state index < -0.39 is 15.3 Å². The fourth-order valence-corrected chi connectivity index (χ4v) is 1.02. The zero-order valence-electron chi connectivity index (χ0n) is 5.80. The largest absolute Gasteiger partial charge is 0.383 e. The van der Waals surface area contributed by atoms with Crippen molar-refractivity contribution in [2.45, 2.75) is 5.16 Å². The topological polar surface area (TPSA) is 132 Å². The van der Waals surface area contributed by atoms with Crippen LogP contribution in [0.4, 0.5) is 11.6 Å². The van der Waals surface area contributed by atoms with Gasteiger partial charge in [0.1, 0.15) is 11.6 Å². The molecule has 7 nitrogen and oxygen atoms in total. The predicted molar refractivity (Wildman–Crippen MR) is 40.7 cm³/mol. The van der Waals surface area contributed by atoms with Gasteiger partial charge in [0.05, 0.1) is 0 Å². The summed E-state index contributed by atoms with van der Waals surface area (Å²) in [4.78, 5) is 6.51. The summed E-state index contributed by atoms with van der Waals surface area (Å²) in [6.45, 7) is 0. The van der Waals surface area contributed by atoms with E-state index in [0.717, 1.165) is 0 Å². The lowest BCUT2D eigenvalue weighted by Gasteiger charge is -1.98. The van der Waals surface area contributed by atoms with Crippen LogP contribution in [-0.4, -0.2) is 22.9 Å². The molecule has 66 valence electrons. The Balaban J connectivity index is 3.37. The lowest BCUT2D eigenvalue weighted by Crippen LogP contribution is -2.08. The maximum absolute atomic E-state index is 10.5. The fraction of sp³-hybridized carbons (Fsp3) is 0. The van der Waals surface area contributed by atoms with Gasteiger partial charge in [-0.1, -0.05) is 0 Å². The molecule has 0 radical (unpaired) electrons. The van der Waals surface area contributed by atoms with E-state index in [-0.39, 0.29) is 11.6 Å². The first kappa shape index (κ1) is 8.68. The average molecular weight is 190 g/mol. The van der Waals surface area contributed by atoms with E-state index in [0.29, 0.717) is 0 Å². The van der Waals surface area contributed by atoms with Gasteiger partial charge in [0.25, 0.3) is 5.16 Å². The molecule has 0 atom stereocenters. The van der Waals surface area contributed by atoms with Crippen molar-refractivity contribution in [1.82, 2.24) is 9.97 Å². The lowest BCUT2D eigenvalue weighted by molar-refractivity contribution is 0.474. The Bertz CT molecular complexity index is 381. The second-order valence-electron chi connectivity index (χ2n) is 1.98. The SMILES string of the molecule is Nc1cc(N)nc(S(=O)(=O)O)n1. The highest BCUT2D eigenvalue weighted by molar-refractivity contribution is 7.85. The highest BCUT2D eigenvalue weighted by Gasteiger charge is 2.14. The van der Waals surface area contributed by atoms with Gasteiger partial charge in [-0.2, -0.15) is 18.4 Å². The second-order valence-corrected chi connectivity index (χ2v) is 3.29. The van der Waals surface area contributed by atoms with Gasteiger partial charge in [-0.3, -0.25) is 4.55 Å². The van der Waals surface area contributed by atoms with Crippen LogP contribution >= 0.6 is 0 Å². The predicted octanol–water partition coefficient (Wildman–Crippen LogP) is -1.11. The minimum Gasteiger partial charge on any atom is -0.383 e. The first-order valence-electron chi connectivity index (χ1n) is 2.77. The summed E-state index contributed by atoms with van der Waals surface area (Å²) in [5.74, 6) is -0.231. The molecule has 0 aliphatic rings. The molecule has 0 saturated heterocycles. The Morgan fingerprint density at radius 2 is 1.67 bits per heavy atom. The molecule has 0 amide bonds. The molecule has 1 heterocycles. The zero-order chi connectivity index (χ0) is 9.35. The zero-order valence-corrected chi connectivity index (χ0v) is 6.61. The third kappa shape index (κ3) is 1.80. The summed E-state index contributed by atoms with van der Waals surface area (Å²) in [6.07, 6.45) is 0. The van der Waals surface area contributed by atoms with Crippen LogP contribution in [0.5, 0.6) is 0 Å². The third-order valence-electron chi connectivity index (χ3n) is 0.976. The average Bonchev–Trinajstić information content (AvgIpc) is 1.82. The minimum absolute atomic E-state index is 0.116. The molecule has 5 N–H and O–H groups in total. The van der Waals surface area contributed by atoms with Crippen molar-refractivity contribution in [3.05, 3.63) is 6.07 Å². The monoisotopic (exact) mass is 190 g/mol. The molecule has 0 aliphatic heterocycles. The summed E-state index contributed by atoms with van der Waals surface area (Å²) in [7, 11) is -4.43. The minimum atomic E-state index is -4.43. The quantitative estimate of drug-likeness (QED) is 0.377. The first-order chi connectivity index (χ1) is 5.39. The molecule has 0 unspecified atom stereocenters. The van der Waals surface area contributed by atoms with Crippen molar-refractivity contribution >= 4 is 21.8 Å². The highest BCUT2D eigenvalue weighted by Crippen LogP contribution is 2.07. The van der Waals surface area contributed by atoms with Crippen molar-refractivity contribution in [2.24, 2.45) is 0 Å². The number of anilines is 2. The maximum Gasteiger partial charge on any atom is 0.330 e. The molecule has 0 aromatic carbocycles. The molecule has 0 bridgehead atoms. The molecule has 1 rings (SSSR count). The van der Waals surface area contributed by atoms with E-state index in [1.54, 1.807) is 0 Å². The molecule has 0 aliphatic carbocycles. The summed E-state index contributed by atoms with van der Waals surface area (Å²) in [5, 5.41) is -0.792. The van der Waals surface area contributed by atoms with Crippen molar-refractivity contribution < 1.29 is 13.0 Å². The van der Waals surface area contributed by atoms with Crippen molar-refractivity contribution in [1.29, 1.82) is 0 Å². The molecule has 1 aromatic rings. The highest BCUT2D eigenvalue weighted by atomic mass is 32.2. The van der Waals surface area contributed by atoms with Gasteiger partial charge in [-0.25, -0.2) is 0 Å². The number of rotatable bonds is 1. The Morgan fingerprint density at radius 3 is 2.00 bits per heavy atom. The van der Waals surface area contributed by atoms with Gasteiger partial charge in [0.15, 0.2) is 0 Å². The molecular formula is C4H6N4O3S. The molecule has 0 spiro atoms. The van der Waals surface area contributed by atoms with Crippen LogP contribution in [0.2, 0.25) is 0 Å². The Morgan fingerprint density at radius 1 is 1.25 bits per heavy atom. The van der Waals surface area contributed by atoms with Crippen LogP contribution in [0.25, 0.3) is 0 Å². The van der Waals surface area contributed by atoms with Gasteiger partial charge in [0.2, 0.25) is 0 Å². The summed E-state index contributed by atoms with van der Waals surface area (Å²) in [5.41, 5.74) is 10.3. The Labute approximate surface area is 68.2 Å². The number of aromatic nitrogens is 2. The van der Waals surface area contributed by atoms with E-state index >= 15 is 0 Å². The first-order valence-corrected chi connectivity index (χ1v) is 4.21. The Kier molecular flexibility index (Phi) is 1.86. The van der Waals surface area contributed by atoms with Crippen LogP contribution in [-0.2, 0) is 10.1 Å². The molecule has 1 aromatic heterocycles. The summed E-state index contributed by atoms with van der Waals surface area (Å²) in [6, 6.07) is 1.18. The number of hydrogen-bond donors (Lipinski definition) is 3. The van der Waals surface area contributed by atoms with Gasteiger partial charge in [-0.05, 0) is 0 Å². The van der Waals surface area contributed by atoms with Gasteiger partial charge < -0.3 is 11.5 Å². The normalized spacial score (nSPS) is 11.4. The molecule has 0 saturated carbocycles. The van der Waals surface area contributed by atoms with E-state index in [1.165, 1.54) is 6.07 Å². The standard InChI is InChI=1S/C4H6N4O3S/c5-2-1-3(6)8-4(7-2)12(9,10)11/h1H,(H,9,10,11)(H4,5,6,7,8). The molecule has 12 heavy (non-hydrogen) atoms. The summed E-state index contributed by atoms with van der Waals surface area (Å²) < 4.78 is 29.4. The number of nitrogen functional groups attached to an aromatic ring is 2. The number of nitrogens with zero attached hydrogens (tertiary/aromatic N) is 2.